The highest BCUT2D eigenvalue weighted by Crippen LogP contribution is 2.67. The Morgan fingerprint density at radius 1 is 1.35 bits per heavy atom. The first-order chi connectivity index (χ1) is 7.86. The summed E-state index contributed by atoms with van der Waals surface area (Å²) in [6, 6.07) is 0.493. The van der Waals surface area contributed by atoms with E-state index in [2.05, 4.69) is 39.8 Å². The molecule has 4 atom stereocenters. The van der Waals surface area contributed by atoms with Gasteiger partial charge in [0.1, 0.15) is 0 Å². The van der Waals surface area contributed by atoms with Gasteiger partial charge in [-0.1, -0.05) is 20.8 Å². The van der Waals surface area contributed by atoms with E-state index >= 15 is 0 Å². The smallest absolute Gasteiger partial charge is 0.395 e. The van der Waals surface area contributed by atoms with Crippen molar-refractivity contribution in [2.75, 3.05) is 0 Å². The number of nitrogens with one attached hydrogen (secondary N) is 1. The minimum absolute atomic E-state index is 0.193. The fourth-order valence-electron chi connectivity index (χ4n) is 4.39. The van der Waals surface area contributed by atoms with Crippen LogP contribution in [0.25, 0.3) is 0 Å². The van der Waals surface area contributed by atoms with Crippen molar-refractivity contribution >= 4 is 7.25 Å². The van der Waals surface area contributed by atoms with Crippen LogP contribution in [0.15, 0.2) is 0 Å². The lowest BCUT2D eigenvalue weighted by Gasteiger charge is -2.38. The summed E-state index contributed by atoms with van der Waals surface area (Å²) in [5.74, 6) is 0.735. The summed E-state index contributed by atoms with van der Waals surface area (Å²) in [5.41, 5.74) is 0.697. The molecule has 2 saturated carbocycles. The van der Waals surface area contributed by atoms with Gasteiger partial charge in [0.15, 0.2) is 0 Å². The van der Waals surface area contributed by atoms with Crippen LogP contribution >= 0.6 is 0 Å². The lowest BCUT2D eigenvalue weighted by Crippen LogP contribution is -2.43. The zero-order valence-corrected chi connectivity index (χ0v) is 11.6. The molecule has 3 nitrogen and oxygen atoms in total. The number of rotatable bonds is 2. The summed E-state index contributed by atoms with van der Waals surface area (Å²) >= 11 is 0. The lowest BCUT2D eigenvalue weighted by atomic mass is 9.70. The molecule has 2 aliphatic carbocycles. The molecule has 4 heteroatoms. The van der Waals surface area contributed by atoms with Gasteiger partial charge in [0.2, 0.25) is 0 Å². The Kier molecular flexibility index (Phi) is 2.46. The van der Waals surface area contributed by atoms with Crippen molar-refractivity contribution in [3.8, 4) is 0 Å². The van der Waals surface area contributed by atoms with Crippen molar-refractivity contribution in [3.63, 3.8) is 0 Å². The Morgan fingerprint density at radius 3 is 2.65 bits per heavy atom. The van der Waals surface area contributed by atoms with Gasteiger partial charge in [-0.3, -0.25) is 5.23 Å². The van der Waals surface area contributed by atoms with Crippen LogP contribution in [0.1, 0.15) is 47.5 Å². The van der Waals surface area contributed by atoms with Gasteiger partial charge in [-0.2, -0.15) is 0 Å². The Bertz CT molecular complexity index is 333. The maximum Gasteiger partial charge on any atom is 0.555 e. The SMILES string of the molecule is CC(C)OB1N[C@@H]2[C@H]3CC[C@@](C)([C@@H]2O1)C3(C)C. The molecule has 1 heterocycles. The van der Waals surface area contributed by atoms with Crippen LogP contribution in [0.4, 0.5) is 0 Å². The molecular formula is C13H24BNO2. The van der Waals surface area contributed by atoms with Gasteiger partial charge in [-0.05, 0) is 43.4 Å². The molecule has 0 aromatic carbocycles. The Hall–Kier alpha value is -0.0551. The summed E-state index contributed by atoms with van der Waals surface area (Å²) in [4.78, 5) is 0. The number of fused-ring (bicyclic) bond motifs is 5. The van der Waals surface area contributed by atoms with E-state index in [0.717, 1.165) is 5.92 Å². The Labute approximate surface area is 105 Å². The fourth-order valence-corrected chi connectivity index (χ4v) is 4.39. The molecule has 17 heavy (non-hydrogen) atoms. The molecule has 3 fully saturated rings. The summed E-state index contributed by atoms with van der Waals surface area (Å²) in [6.07, 6.45) is 3.17. The van der Waals surface area contributed by atoms with E-state index in [-0.39, 0.29) is 13.4 Å². The summed E-state index contributed by atoms with van der Waals surface area (Å²) in [6.45, 7) is 11.3. The number of hydrogen-bond acceptors (Lipinski definition) is 3. The molecule has 0 aromatic rings. The third-order valence-corrected chi connectivity index (χ3v) is 5.76. The van der Waals surface area contributed by atoms with E-state index < -0.39 is 0 Å². The summed E-state index contributed by atoms with van der Waals surface area (Å²) in [5, 5.41) is 3.55. The minimum Gasteiger partial charge on any atom is -0.395 e. The van der Waals surface area contributed by atoms with Gasteiger partial charge in [-0.15, -0.1) is 0 Å². The van der Waals surface area contributed by atoms with Gasteiger partial charge in [0.25, 0.3) is 0 Å². The highest BCUT2D eigenvalue weighted by molar-refractivity contribution is 6.42. The van der Waals surface area contributed by atoms with Crippen LogP contribution in [0.5, 0.6) is 0 Å². The van der Waals surface area contributed by atoms with Gasteiger partial charge < -0.3 is 9.31 Å². The molecule has 0 unspecified atom stereocenters. The summed E-state index contributed by atoms with van der Waals surface area (Å²) in [7, 11) is -0.193. The molecule has 96 valence electrons. The first kappa shape index (κ1) is 12.0. The zero-order chi connectivity index (χ0) is 12.4. The molecule has 1 N–H and O–H groups in total. The average Bonchev–Trinajstić information content (AvgIpc) is 2.73. The van der Waals surface area contributed by atoms with E-state index in [9.17, 15) is 0 Å². The minimum atomic E-state index is -0.193. The predicted octanol–water partition coefficient (Wildman–Crippen LogP) is 2.21. The van der Waals surface area contributed by atoms with Gasteiger partial charge in [0.05, 0.1) is 6.10 Å². The fraction of sp³-hybridized carbons (Fsp3) is 1.00. The molecule has 3 aliphatic rings. The molecule has 0 radical (unpaired) electrons. The van der Waals surface area contributed by atoms with E-state index in [1.165, 1.54) is 12.8 Å². The molecule has 0 aromatic heterocycles. The van der Waals surface area contributed by atoms with Gasteiger partial charge in [-0.25, -0.2) is 0 Å². The van der Waals surface area contributed by atoms with Crippen molar-refractivity contribution in [2.24, 2.45) is 16.7 Å². The van der Waals surface area contributed by atoms with Crippen molar-refractivity contribution in [1.29, 1.82) is 0 Å². The maximum absolute atomic E-state index is 6.14. The van der Waals surface area contributed by atoms with Crippen LogP contribution in [-0.4, -0.2) is 25.5 Å². The Balaban J connectivity index is 1.81. The van der Waals surface area contributed by atoms with Crippen LogP contribution in [-0.2, 0) is 9.31 Å². The quantitative estimate of drug-likeness (QED) is 0.747. The molecule has 2 bridgehead atoms. The molecular weight excluding hydrogens is 213 g/mol. The largest absolute Gasteiger partial charge is 0.555 e. The second-order valence-electron chi connectivity index (χ2n) is 7.05. The Morgan fingerprint density at radius 2 is 2.06 bits per heavy atom. The third-order valence-electron chi connectivity index (χ3n) is 5.76. The van der Waals surface area contributed by atoms with E-state index in [4.69, 9.17) is 9.31 Å². The lowest BCUT2D eigenvalue weighted by molar-refractivity contribution is 0.0192. The van der Waals surface area contributed by atoms with Crippen LogP contribution in [0.3, 0.4) is 0 Å². The van der Waals surface area contributed by atoms with Gasteiger partial charge in [0, 0.05) is 12.1 Å². The predicted molar refractivity (Wildman–Crippen MR) is 68.4 cm³/mol. The van der Waals surface area contributed by atoms with Crippen molar-refractivity contribution in [3.05, 3.63) is 0 Å². The van der Waals surface area contributed by atoms with E-state index in [0.29, 0.717) is 23.0 Å². The standard InChI is InChI=1S/C13H24BNO2/c1-8(2)16-14-15-10-9-6-7-13(5,11(10)17-14)12(9,3)4/h8-11,15H,6-7H2,1-5H3/t9-,10-,11-,13+/m1/s1. The topological polar surface area (TPSA) is 30.5 Å². The van der Waals surface area contributed by atoms with E-state index in [1.54, 1.807) is 0 Å². The normalized spacial score (nSPS) is 46.9. The van der Waals surface area contributed by atoms with Crippen molar-refractivity contribution in [1.82, 2.24) is 5.23 Å². The zero-order valence-electron chi connectivity index (χ0n) is 11.6. The first-order valence-electron chi connectivity index (χ1n) is 6.93. The number of hydrogen-bond donors (Lipinski definition) is 1. The van der Waals surface area contributed by atoms with Crippen LogP contribution < -0.4 is 5.23 Å². The summed E-state index contributed by atoms with van der Waals surface area (Å²) < 4.78 is 11.9. The second kappa shape index (κ2) is 3.49. The average molecular weight is 237 g/mol. The van der Waals surface area contributed by atoms with Crippen LogP contribution in [0, 0.1) is 16.7 Å². The van der Waals surface area contributed by atoms with Crippen molar-refractivity contribution in [2.45, 2.75) is 65.7 Å². The van der Waals surface area contributed by atoms with Gasteiger partial charge >= 0.3 is 7.25 Å². The monoisotopic (exact) mass is 237 g/mol. The third kappa shape index (κ3) is 1.41. The highest BCUT2D eigenvalue weighted by atomic mass is 16.6. The molecule has 3 rings (SSSR count). The van der Waals surface area contributed by atoms with Crippen molar-refractivity contribution < 1.29 is 9.31 Å². The first-order valence-corrected chi connectivity index (χ1v) is 6.93. The molecule has 0 spiro atoms. The maximum atomic E-state index is 6.14. The highest BCUT2D eigenvalue weighted by Gasteiger charge is 2.69. The second-order valence-corrected chi connectivity index (χ2v) is 7.05. The molecule has 1 saturated heterocycles. The van der Waals surface area contributed by atoms with Crippen LogP contribution in [0.2, 0.25) is 0 Å². The van der Waals surface area contributed by atoms with E-state index in [1.807, 2.05) is 0 Å². The molecule has 0 amide bonds. The molecule has 1 aliphatic heterocycles.